The Kier molecular flexibility index (Phi) is 4.37. The number of likely N-dealkylation sites (N-methyl/N-ethyl adjacent to an activating group) is 1. The molecule has 0 amide bonds. The van der Waals surface area contributed by atoms with Crippen molar-refractivity contribution in [1.82, 2.24) is 19.7 Å². The van der Waals surface area contributed by atoms with Gasteiger partial charge in [-0.2, -0.15) is 5.10 Å². The van der Waals surface area contributed by atoms with Gasteiger partial charge in [0, 0.05) is 29.8 Å². The summed E-state index contributed by atoms with van der Waals surface area (Å²) in [4.78, 5) is 18.6. The third-order valence-corrected chi connectivity index (χ3v) is 5.93. The molecule has 1 aliphatic heterocycles. The summed E-state index contributed by atoms with van der Waals surface area (Å²) in [6.45, 7) is 7.90. The van der Waals surface area contributed by atoms with Crippen LogP contribution in [0, 0.1) is 10.1 Å². The van der Waals surface area contributed by atoms with Gasteiger partial charge in [0.15, 0.2) is 0 Å². The second kappa shape index (κ2) is 6.69. The summed E-state index contributed by atoms with van der Waals surface area (Å²) in [6, 6.07) is 7.26. The average Bonchev–Trinajstić information content (AvgIpc) is 3.03. The minimum Gasteiger partial charge on any atom is -0.302 e. The highest BCUT2D eigenvalue weighted by Gasteiger charge is 2.30. The van der Waals surface area contributed by atoms with Crippen molar-refractivity contribution >= 4 is 28.4 Å². The summed E-state index contributed by atoms with van der Waals surface area (Å²) < 4.78 is 1.97. The monoisotopic (exact) mass is 369 g/mol. The zero-order valence-corrected chi connectivity index (χ0v) is 15.5. The van der Waals surface area contributed by atoms with Gasteiger partial charge in [-0.1, -0.05) is 25.6 Å². The van der Waals surface area contributed by atoms with Gasteiger partial charge >= 0.3 is 0 Å². The van der Waals surface area contributed by atoms with Crippen molar-refractivity contribution < 1.29 is 4.92 Å². The quantitative estimate of drug-likeness (QED) is 0.380. The van der Waals surface area contributed by atoms with Crippen LogP contribution in [0.15, 0.2) is 40.4 Å². The largest absolute Gasteiger partial charge is 0.302 e. The Balaban J connectivity index is 1.88. The fourth-order valence-corrected chi connectivity index (χ4v) is 4.49. The highest BCUT2D eigenvalue weighted by atomic mass is 32.2. The molecule has 0 unspecified atom stereocenters. The van der Waals surface area contributed by atoms with Crippen molar-refractivity contribution in [3.8, 4) is 11.3 Å². The van der Waals surface area contributed by atoms with Crippen LogP contribution in [0.25, 0.3) is 22.2 Å². The minimum absolute atomic E-state index is 0.114. The molecule has 1 aliphatic rings. The van der Waals surface area contributed by atoms with Crippen LogP contribution in [-0.4, -0.2) is 44.2 Å². The molecule has 0 fully saturated rings. The van der Waals surface area contributed by atoms with Gasteiger partial charge in [0.1, 0.15) is 15.6 Å². The standard InChI is InChI=1S/C18H19N5O2S/c1-3-21(4-2)10-11-22-13-7-8-14(23(24)25)17-15(13)16(20-22)12-6-5-9-19-18(12)26-17/h5-9H,3-4,10-11H2,1-2H3. The van der Waals surface area contributed by atoms with Crippen molar-refractivity contribution in [3.63, 3.8) is 0 Å². The third kappa shape index (κ3) is 2.65. The fraction of sp³-hybridized carbons (Fsp3) is 0.333. The molecule has 1 aromatic carbocycles. The van der Waals surface area contributed by atoms with E-state index in [1.54, 1.807) is 12.3 Å². The van der Waals surface area contributed by atoms with Crippen LogP contribution in [0.4, 0.5) is 5.69 Å². The van der Waals surface area contributed by atoms with Crippen LogP contribution >= 0.6 is 11.8 Å². The predicted octanol–water partition coefficient (Wildman–Crippen LogP) is 3.81. The van der Waals surface area contributed by atoms with E-state index in [1.807, 2.05) is 22.9 Å². The number of rotatable bonds is 6. The van der Waals surface area contributed by atoms with Crippen LogP contribution in [0.2, 0.25) is 0 Å². The Labute approximate surface area is 155 Å². The number of hydrogen-bond acceptors (Lipinski definition) is 6. The SMILES string of the molecule is CCN(CC)CCn1nc2c3c(c([N+](=O)[O-])ccc31)Sc1ncccc1-2. The van der Waals surface area contributed by atoms with Gasteiger partial charge in [0.25, 0.3) is 5.69 Å². The smallest absolute Gasteiger partial charge is 0.284 e. The maximum atomic E-state index is 11.5. The number of pyridine rings is 1. The fourth-order valence-electron chi connectivity index (χ4n) is 3.36. The summed E-state index contributed by atoms with van der Waals surface area (Å²) in [7, 11) is 0. The minimum atomic E-state index is -0.327. The molecular weight excluding hydrogens is 350 g/mol. The van der Waals surface area contributed by atoms with Gasteiger partial charge < -0.3 is 4.90 Å². The molecule has 7 nitrogen and oxygen atoms in total. The Morgan fingerprint density at radius 1 is 1.27 bits per heavy atom. The van der Waals surface area contributed by atoms with E-state index in [0.717, 1.165) is 53.4 Å². The zero-order chi connectivity index (χ0) is 18.3. The Bertz CT molecular complexity index is 997. The molecule has 8 heteroatoms. The first kappa shape index (κ1) is 17.0. The molecule has 0 spiro atoms. The second-order valence-corrected chi connectivity index (χ2v) is 7.12. The van der Waals surface area contributed by atoms with E-state index in [-0.39, 0.29) is 10.6 Å². The molecule has 134 valence electrons. The van der Waals surface area contributed by atoms with Gasteiger partial charge in [-0.05, 0) is 31.3 Å². The van der Waals surface area contributed by atoms with E-state index in [0.29, 0.717) is 4.90 Å². The van der Waals surface area contributed by atoms with E-state index in [2.05, 4.69) is 23.7 Å². The molecule has 0 saturated carbocycles. The number of fused-ring (bicyclic) bond motifs is 2. The van der Waals surface area contributed by atoms with Crippen LogP contribution in [0.5, 0.6) is 0 Å². The van der Waals surface area contributed by atoms with Crippen LogP contribution in [0.3, 0.4) is 0 Å². The van der Waals surface area contributed by atoms with E-state index in [1.165, 1.54) is 11.8 Å². The molecule has 4 rings (SSSR count). The van der Waals surface area contributed by atoms with E-state index >= 15 is 0 Å². The Morgan fingerprint density at radius 3 is 2.81 bits per heavy atom. The number of benzene rings is 1. The molecule has 0 radical (unpaired) electrons. The van der Waals surface area contributed by atoms with Gasteiger partial charge in [0.05, 0.1) is 17.0 Å². The van der Waals surface area contributed by atoms with Crippen molar-refractivity contribution in [2.45, 2.75) is 30.3 Å². The molecule has 2 aromatic heterocycles. The highest BCUT2D eigenvalue weighted by Crippen LogP contribution is 2.49. The van der Waals surface area contributed by atoms with Gasteiger partial charge in [-0.3, -0.25) is 14.8 Å². The third-order valence-electron chi connectivity index (χ3n) is 4.79. The maximum Gasteiger partial charge on any atom is 0.284 e. The lowest BCUT2D eigenvalue weighted by atomic mass is 10.1. The molecule has 26 heavy (non-hydrogen) atoms. The lowest BCUT2D eigenvalue weighted by molar-refractivity contribution is -0.387. The van der Waals surface area contributed by atoms with Crippen LogP contribution in [0.1, 0.15) is 13.8 Å². The normalized spacial score (nSPS) is 12.6. The Hall–Kier alpha value is -2.45. The molecule has 0 aliphatic carbocycles. The van der Waals surface area contributed by atoms with E-state index in [9.17, 15) is 10.1 Å². The maximum absolute atomic E-state index is 11.5. The lowest BCUT2D eigenvalue weighted by Crippen LogP contribution is -2.27. The van der Waals surface area contributed by atoms with Crippen molar-refractivity contribution in [2.24, 2.45) is 0 Å². The Morgan fingerprint density at radius 2 is 2.08 bits per heavy atom. The zero-order valence-electron chi connectivity index (χ0n) is 14.7. The summed E-state index contributed by atoms with van der Waals surface area (Å²) in [5, 5.41) is 18.0. The van der Waals surface area contributed by atoms with Crippen molar-refractivity contribution in [3.05, 3.63) is 40.6 Å². The van der Waals surface area contributed by atoms with Crippen molar-refractivity contribution in [1.29, 1.82) is 0 Å². The van der Waals surface area contributed by atoms with Gasteiger partial charge in [0.2, 0.25) is 0 Å². The summed E-state index contributed by atoms with van der Waals surface area (Å²) in [5.74, 6) is 0. The van der Waals surface area contributed by atoms with Gasteiger partial charge in [-0.25, -0.2) is 4.98 Å². The topological polar surface area (TPSA) is 77.1 Å². The average molecular weight is 369 g/mol. The van der Waals surface area contributed by atoms with E-state index in [4.69, 9.17) is 5.10 Å². The molecule has 0 bridgehead atoms. The van der Waals surface area contributed by atoms with Crippen LogP contribution < -0.4 is 0 Å². The molecular formula is C18H19N5O2S. The first-order valence-corrected chi connectivity index (χ1v) is 9.49. The highest BCUT2D eigenvalue weighted by molar-refractivity contribution is 7.99. The predicted molar refractivity (Wildman–Crippen MR) is 102 cm³/mol. The number of nitro benzene ring substituents is 1. The molecule has 0 saturated heterocycles. The first-order valence-electron chi connectivity index (χ1n) is 8.67. The van der Waals surface area contributed by atoms with Crippen molar-refractivity contribution in [2.75, 3.05) is 19.6 Å². The summed E-state index contributed by atoms with van der Waals surface area (Å²) >= 11 is 1.36. The molecule has 0 N–H and O–H groups in total. The second-order valence-electron chi connectivity index (χ2n) is 6.12. The van der Waals surface area contributed by atoms with E-state index < -0.39 is 0 Å². The van der Waals surface area contributed by atoms with Crippen LogP contribution in [-0.2, 0) is 6.54 Å². The number of hydrogen-bond donors (Lipinski definition) is 0. The molecule has 3 aromatic rings. The number of aromatic nitrogens is 3. The van der Waals surface area contributed by atoms with Gasteiger partial charge in [-0.15, -0.1) is 0 Å². The number of nitro groups is 1. The molecule has 0 atom stereocenters. The summed E-state index contributed by atoms with van der Waals surface area (Å²) in [6.07, 6.45) is 1.71. The number of nitrogens with zero attached hydrogens (tertiary/aromatic N) is 5. The summed E-state index contributed by atoms with van der Waals surface area (Å²) in [5.41, 5.74) is 2.79. The lowest BCUT2D eigenvalue weighted by Gasteiger charge is -2.17. The first-order chi connectivity index (χ1) is 12.6. The molecule has 3 heterocycles.